The van der Waals surface area contributed by atoms with Crippen molar-refractivity contribution in [3.8, 4) is 0 Å². The Bertz CT molecular complexity index is 1760. The molecule has 5 aromatic rings. The largest absolute Gasteiger partial charge is 0.383 e. The van der Waals surface area contributed by atoms with E-state index in [1.165, 1.54) is 25.9 Å². The molecule has 7 rings (SSSR count). The molecule has 0 aliphatic carbocycles. The molecule has 5 aromatic carbocycles. The normalized spacial score (nSPS) is 17.2. The van der Waals surface area contributed by atoms with Gasteiger partial charge in [0, 0.05) is 46.3 Å². The summed E-state index contributed by atoms with van der Waals surface area (Å²) in [5.41, 5.74) is 6.66. The molecule has 0 fully saturated rings. The SMILES string of the molecule is CN(C)c1ccc(C2Sc3ccccc3N=C(N3c4ccccc4Sc4ccccc43)C2CNc2ccccc2Cl)cc1. The van der Waals surface area contributed by atoms with Crippen molar-refractivity contribution in [2.45, 2.75) is 19.9 Å². The number of amidine groups is 1. The van der Waals surface area contributed by atoms with Crippen molar-refractivity contribution in [1.82, 2.24) is 0 Å². The second kappa shape index (κ2) is 12.0. The van der Waals surface area contributed by atoms with Crippen LogP contribution in [0.2, 0.25) is 5.02 Å². The molecule has 0 bridgehead atoms. The van der Waals surface area contributed by atoms with Crippen LogP contribution in [0.3, 0.4) is 0 Å². The van der Waals surface area contributed by atoms with Gasteiger partial charge in [0.2, 0.25) is 0 Å². The first-order valence-corrected chi connectivity index (χ1v) is 16.4. The lowest BCUT2D eigenvalue weighted by molar-refractivity contribution is 0.698. The first kappa shape index (κ1) is 28.0. The molecular formula is C36H31ClN4S2. The Morgan fingerprint density at radius 3 is 2.02 bits per heavy atom. The molecule has 0 saturated heterocycles. The minimum absolute atomic E-state index is 0.0110. The van der Waals surface area contributed by atoms with E-state index in [0.29, 0.717) is 11.6 Å². The second-order valence-electron chi connectivity index (χ2n) is 10.8. The Morgan fingerprint density at radius 1 is 0.744 bits per heavy atom. The van der Waals surface area contributed by atoms with Crippen LogP contribution in [0.5, 0.6) is 0 Å². The number of para-hydroxylation sites is 4. The average Bonchev–Trinajstić information content (AvgIpc) is 3.20. The van der Waals surface area contributed by atoms with Gasteiger partial charge in [0.05, 0.1) is 33.7 Å². The zero-order valence-electron chi connectivity index (χ0n) is 23.9. The number of aliphatic imine (C=N–C) groups is 1. The van der Waals surface area contributed by atoms with Gasteiger partial charge in [0.15, 0.2) is 0 Å². The number of rotatable bonds is 5. The van der Waals surface area contributed by atoms with E-state index in [1.54, 1.807) is 0 Å². The molecule has 0 radical (unpaired) electrons. The highest BCUT2D eigenvalue weighted by atomic mass is 35.5. The highest BCUT2D eigenvalue weighted by Crippen LogP contribution is 2.53. The Hall–Kier alpha value is -3.84. The summed E-state index contributed by atoms with van der Waals surface area (Å²) in [5.74, 6) is 1.00. The number of thioether (sulfide) groups is 1. The van der Waals surface area contributed by atoms with E-state index in [1.807, 2.05) is 47.8 Å². The summed E-state index contributed by atoms with van der Waals surface area (Å²) in [6.45, 7) is 0.650. The molecule has 2 heterocycles. The summed E-state index contributed by atoms with van der Waals surface area (Å²) >= 11 is 10.4. The maximum Gasteiger partial charge on any atom is 0.120 e. The lowest BCUT2D eigenvalue weighted by Crippen LogP contribution is -2.39. The summed E-state index contributed by atoms with van der Waals surface area (Å²) in [4.78, 5) is 13.7. The summed E-state index contributed by atoms with van der Waals surface area (Å²) in [6, 6.07) is 42.8. The number of nitrogens with zero attached hydrogens (tertiary/aromatic N) is 3. The van der Waals surface area contributed by atoms with Crippen LogP contribution >= 0.6 is 35.1 Å². The number of anilines is 4. The van der Waals surface area contributed by atoms with Crippen LogP contribution in [-0.4, -0.2) is 26.5 Å². The molecule has 0 saturated carbocycles. The van der Waals surface area contributed by atoms with E-state index >= 15 is 0 Å². The summed E-state index contributed by atoms with van der Waals surface area (Å²) in [7, 11) is 4.16. The monoisotopic (exact) mass is 618 g/mol. The highest BCUT2D eigenvalue weighted by Gasteiger charge is 2.38. The number of hydrogen-bond acceptors (Lipinski definition) is 6. The zero-order valence-corrected chi connectivity index (χ0v) is 26.3. The summed E-state index contributed by atoms with van der Waals surface area (Å²) in [5, 5.41) is 4.51. The molecule has 7 heteroatoms. The maximum absolute atomic E-state index is 6.65. The van der Waals surface area contributed by atoms with E-state index in [9.17, 15) is 0 Å². The molecule has 43 heavy (non-hydrogen) atoms. The third kappa shape index (κ3) is 5.51. The maximum atomic E-state index is 6.65. The fourth-order valence-electron chi connectivity index (χ4n) is 5.66. The minimum Gasteiger partial charge on any atom is -0.383 e. The first-order valence-electron chi connectivity index (χ1n) is 14.3. The van der Waals surface area contributed by atoms with E-state index in [0.717, 1.165) is 28.6 Å². The van der Waals surface area contributed by atoms with E-state index in [-0.39, 0.29) is 11.2 Å². The van der Waals surface area contributed by atoms with Crippen LogP contribution in [0.25, 0.3) is 0 Å². The van der Waals surface area contributed by atoms with Gasteiger partial charge in [-0.3, -0.25) is 4.90 Å². The Balaban J connectivity index is 1.43. The van der Waals surface area contributed by atoms with E-state index < -0.39 is 0 Å². The van der Waals surface area contributed by atoms with E-state index in [4.69, 9.17) is 16.6 Å². The van der Waals surface area contributed by atoms with Gasteiger partial charge in [-0.2, -0.15) is 0 Å². The summed E-state index contributed by atoms with van der Waals surface area (Å²) in [6.07, 6.45) is 0. The van der Waals surface area contributed by atoms with Crippen LogP contribution < -0.4 is 15.1 Å². The second-order valence-corrected chi connectivity index (χ2v) is 13.5. The minimum atomic E-state index is -0.0110. The lowest BCUT2D eigenvalue weighted by Gasteiger charge is -2.38. The van der Waals surface area contributed by atoms with Gasteiger partial charge in [0.1, 0.15) is 5.84 Å². The van der Waals surface area contributed by atoms with Crippen molar-refractivity contribution < 1.29 is 0 Å². The number of halogens is 1. The topological polar surface area (TPSA) is 30.9 Å². The molecule has 2 unspecified atom stereocenters. The lowest BCUT2D eigenvalue weighted by atomic mass is 9.94. The van der Waals surface area contributed by atoms with Crippen LogP contribution in [0.1, 0.15) is 10.8 Å². The molecule has 2 aliphatic heterocycles. The number of nitrogens with one attached hydrogen (secondary N) is 1. The van der Waals surface area contributed by atoms with Gasteiger partial charge >= 0.3 is 0 Å². The van der Waals surface area contributed by atoms with Crippen LogP contribution in [0.4, 0.5) is 28.4 Å². The molecule has 4 nitrogen and oxygen atoms in total. The summed E-state index contributed by atoms with van der Waals surface area (Å²) < 4.78 is 0. The van der Waals surface area contributed by atoms with Crippen LogP contribution in [0.15, 0.2) is 141 Å². The molecule has 2 aliphatic rings. The number of fused-ring (bicyclic) bond motifs is 3. The van der Waals surface area contributed by atoms with Crippen molar-refractivity contribution in [3.05, 3.63) is 132 Å². The zero-order chi connectivity index (χ0) is 29.3. The fraction of sp³-hybridized carbons (Fsp3) is 0.139. The Morgan fingerprint density at radius 2 is 1.35 bits per heavy atom. The molecule has 0 spiro atoms. The average molecular weight is 619 g/mol. The molecule has 0 aromatic heterocycles. The predicted octanol–water partition coefficient (Wildman–Crippen LogP) is 10.3. The van der Waals surface area contributed by atoms with E-state index in [2.05, 4.69) is 126 Å². The van der Waals surface area contributed by atoms with Crippen LogP contribution in [0, 0.1) is 5.92 Å². The molecule has 2 atom stereocenters. The third-order valence-corrected chi connectivity index (χ3v) is 10.8. The van der Waals surface area contributed by atoms with Gasteiger partial charge in [0.25, 0.3) is 0 Å². The smallest absolute Gasteiger partial charge is 0.120 e. The van der Waals surface area contributed by atoms with Crippen molar-refractivity contribution in [2.24, 2.45) is 10.9 Å². The predicted molar refractivity (Wildman–Crippen MR) is 185 cm³/mol. The van der Waals surface area contributed by atoms with Crippen LogP contribution in [-0.2, 0) is 0 Å². The van der Waals surface area contributed by atoms with Gasteiger partial charge in [-0.25, -0.2) is 4.99 Å². The van der Waals surface area contributed by atoms with Crippen molar-refractivity contribution >= 4 is 69.4 Å². The highest BCUT2D eigenvalue weighted by molar-refractivity contribution is 8.00. The van der Waals surface area contributed by atoms with Gasteiger partial charge in [-0.1, -0.05) is 84.0 Å². The quantitative estimate of drug-likeness (QED) is 0.212. The molecular weight excluding hydrogens is 588 g/mol. The molecule has 0 amide bonds. The van der Waals surface area contributed by atoms with Crippen molar-refractivity contribution in [1.29, 1.82) is 0 Å². The Kier molecular flexibility index (Phi) is 7.83. The van der Waals surface area contributed by atoms with Crippen molar-refractivity contribution in [3.63, 3.8) is 0 Å². The Labute approximate surface area is 266 Å². The first-order chi connectivity index (χ1) is 21.1. The molecule has 214 valence electrons. The van der Waals surface area contributed by atoms with Gasteiger partial charge < -0.3 is 10.2 Å². The fourth-order valence-corrected chi connectivity index (χ4v) is 8.26. The van der Waals surface area contributed by atoms with Crippen molar-refractivity contribution in [2.75, 3.05) is 35.8 Å². The standard InChI is InChI=1S/C36H31ClN4S2/c1-40(2)25-21-19-24(20-22-25)35-26(23-38-28-12-4-3-11-27(28)37)36(39-29-13-5-8-16-32(29)43-35)41-30-14-6-9-17-33(30)42-34-18-10-7-15-31(34)41/h3-22,26,35,38H,23H2,1-2H3. The van der Waals surface area contributed by atoms with Gasteiger partial charge in [-0.05, 0) is 66.2 Å². The molecule has 1 N–H and O–H groups in total. The number of hydrogen-bond donors (Lipinski definition) is 1. The third-order valence-electron chi connectivity index (χ3n) is 7.84. The number of benzene rings is 5. The van der Waals surface area contributed by atoms with Gasteiger partial charge in [-0.15, -0.1) is 11.8 Å².